The summed E-state index contributed by atoms with van der Waals surface area (Å²) in [5.74, 6) is 1.19. The molecule has 2 heterocycles. The van der Waals surface area contributed by atoms with E-state index in [2.05, 4.69) is 20.5 Å². The number of anilines is 1. The number of H-pyrrole nitrogens is 1. The summed E-state index contributed by atoms with van der Waals surface area (Å²) in [7, 11) is 1.58. The van der Waals surface area contributed by atoms with E-state index in [1.165, 1.54) is 12.1 Å². The van der Waals surface area contributed by atoms with E-state index in [-0.39, 0.29) is 12.3 Å². The number of benzene rings is 2. The number of nitro benzene ring substituents is 1. The number of nitro groups is 1. The van der Waals surface area contributed by atoms with Gasteiger partial charge in [0.1, 0.15) is 12.3 Å². The standard InChI is InChI=1S/C23H21N5O4/c1-31-22-12-17(13-25-20-14-26-27-23(20)19-4-2-3-11-24-19)7-10-21(22)32-15-16-5-8-18(9-6-16)28(29)30/h2-12,14,25H,13,15H2,1H3,(H,26,27). The van der Waals surface area contributed by atoms with Crippen LogP contribution in [0.15, 0.2) is 73.1 Å². The highest BCUT2D eigenvalue weighted by atomic mass is 16.6. The summed E-state index contributed by atoms with van der Waals surface area (Å²) >= 11 is 0. The molecular weight excluding hydrogens is 410 g/mol. The van der Waals surface area contributed by atoms with Crippen molar-refractivity contribution >= 4 is 11.4 Å². The van der Waals surface area contributed by atoms with E-state index < -0.39 is 4.92 Å². The van der Waals surface area contributed by atoms with Gasteiger partial charge in [-0.2, -0.15) is 5.10 Å². The van der Waals surface area contributed by atoms with Crippen LogP contribution >= 0.6 is 0 Å². The maximum absolute atomic E-state index is 10.8. The molecular formula is C23H21N5O4. The fraction of sp³-hybridized carbons (Fsp3) is 0.130. The van der Waals surface area contributed by atoms with Crippen molar-refractivity contribution in [1.82, 2.24) is 15.2 Å². The summed E-state index contributed by atoms with van der Waals surface area (Å²) in [5, 5.41) is 21.2. The Morgan fingerprint density at radius 3 is 2.59 bits per heavy atom. The van der Waals surface area contributed by atoms with Crippen LogP contribution in [-0.4, -0.2) is 27.2 Å². The van der Waals surface area contributed by atoms with Gasteiger partial charge in [-0.05, 0) is 47.5 Å². The molecule has 2 aromatic carbocycles. The molecule has 0 radical (unpaired) electrons. The second-order valence-corrected chi connectivity index (χ2v) is 6.92. The number of nitrogens with one attached hydrogen (secondary N) is 2. The van der Waals surface area contributed by atoms with Gasteiger partial charge in [0.25, 0.3) is 5.69 Å². The molecule has 9 heteroatoms. The van der Waals surface area contributed by atoms with E-state index in [0.717, 1.165) is 28.2 Å². The summed E-state index contributed by atoms with van der Waals surface area (Å²) in [6.45, 7) is 0.826. The van der Waals surface area contributed by atoms with E-state index in [9.17, 15) is 10.1 Å². The molecule has 2 aromatic heterocycles. The molecule has 0 aliphatic heterocycles. The van der Waals surface area contributed by atoms with Gasteiger partial charge in [0, 0.05) is 24.9 Å². The molecule has 0 aliphatic rings. The Bertz CT molecular complexity index is 1190. The lowest BCUT2D eigenvalue weighted by Crippen LogP contribution is -2.02. The Morgan fingerprint density at radius 1 is 1.06 bits per heavy atom. The quantitative estimate of drug-likeness (QED) is 0.294. The van der Waals surface area contributed by atoms with E-state index in [1.54, 1.807) is 31.6 Å². The van der Waals surface area contributed by atoms with Crippen molar-refractivity contribution in [2.24, 2.45) is 0 Å². The van der Waals surface area contributed by atoms with E-state index in [4.69, 9.17) is 9.47 Å². The zero-order valence-corrected chi connectivity index (χ0v) is 17.3. The van der Waals surface area contributed by atoms with Crippen LogP contribution in [0.1, 0.15) is 11.1 Å². The monoisotopic (exact) mass is 431 g/mol. The summed E-state index contributed by atoms with van der Waals surface area (Å²) in [5.41, 5.74) is 4.34. The van der Waals surface area contributed by atoms with Crippen LogP contribution in [0.5, 0.6) is 11.5 Å². The first-order chi connectivity index (χ1) is 15.6. The number of rotatable bonds is 9. The number of ether oxygens (including phenoxy) is 2. The molecule has 4 rings (SSSR count). The van der Waals surface area contributed by atoms with E-state index >= 15 is 0 Å². The van der Waals surface area contributed by atoms with Gasteiger partial charge in [0.2, 0.25) is 0 Å². The topological polar surface area (TPSA) is 115 Å². The van der Waals surface area contributed by atoms with Gasteiger partial charge in [-0.15, -0.1) is 0 Å². The lowest BCUT2D eigenvalue weighted by atomic mass is 10.2. The predicted molar refractivity (Wildman–Crippen MR) is 120 cm³/mol. The van der Waals surface area contributed by atoms with Gasteiger partial charge in [0.05, 0.1) is 29.6 Å². The van der Waals surface area contributed by atoms with Gasteiger partial charge in [-0.25, -0.2) is 0 Å². The average molecular weight is 431 g/mol. The van der Waals surface area contributed by atoms with Crippen molar-refractivity contribution in [3.05, 3.63) is 94.3 Å². The normalized spacial score (nSPS) is 10.5. The number of non-ortho nitro benzene ring substituents is 1. The van der Waals surface area contributed by atoms with Crippen molar-refractivity contribution in [3.63, 3.8) is 0 Å². The zero-order valence-electron chi connectivity index (χ0n) is 17.3. The number of aromatic nitrogens is 3. The lowest BCUT2D eigenvalue weighted by molar-refractivity contribution is -0.384. The molecule has 32 heavy (non-hydrogen) atoms. The zero-order chi connectivity index (χ0) is 22.3. The molecule has 0 amide bonds. The smallest absolute Gasteiger partial charge is 0.269 e. The van der Waals surface area contributed by atoms with E-state index in [0.29, 0.717) is 18.0 Å². The Balaban J connectivity index is 1.41. The first kappa shape index (κ1) is 20.9. The van der Waals surface area contributed by atoms with Crippen LogP contribution in [0.2, 0.25) is 0 Å². The molecule has 0 aliphatic carbocycles. The van der Waals surface area contributed by atoms with Crippen LogP contribution in [-0.2, 0) is 13.2 Å². The third-order valence-electron chi connectivity index (χ3n) is 4.81. The first-order valence-corrected chi connectivity index (χ1v) is 9.85. The first-order valence-electron chi connectivity index (χ1n) is 9.85. The van der Waals surface area contributed by atoms with Gasteiger partial charge in [0.15, 0.2) is 11.5 Å². The van der Waals surface area contributed by atoms with Crippen LogP contribution in [0.3, 0.4) is 0 Å². The molecule has 0 atom stereocenters. The Kier molecular flexibility index (Phi) is 6.26. The Hall–Kier alpha value is -4.40. The largest absolute Gasteiger partial charge is 0.493 e. The van der Waals surface area contributed by atoms with Crippen molar-refractivity contribution < 1.29 is 14.4 Å². The van der Waals surface area contributed by atoms with Crippen molar-refractivity contribution in [2.75, 3.05) is 12.4 Å². The Morgan fingerprint density at radius 2 is 1.88 bits per heavy atom. The molecule has 4 aromatic rings. The summed E-state index contributed by atoms with van der Waals surface area (Å²) in [6, 6.07) is 17.7. The molecule has 2 N–H and O–H groups in total. The summed E-state index contributed by atoms with van der Waals surface area (Å²) < 4.78 is 11.3. The fourth-order valence-corrected chi connectivity index (χ4v) is 3.14. The Labute approximate surface area is 184 Å². The van der Waals surface area contributed by atoms with Crippen molar-refractivity contribution in [1.29, 1.82) is 0 Å². The third-order valence-corrected chi connectivity index (χ3v) is 4.81. The average Bonchev–Trinajstić information content (AvgIpc) is 3.31. The highest BCUT2D eigenvalue weighted by Gasteiger charge is 2.11. The predicted octanol–water partition coefficient (Wildman–Crippen LogP) is 4.58. The van der Waals surface area contributed by atoms with Gasteiger partial charge in [-0.1, -0.05) is 12.1 Å². The lowest BCUT2D eigenvalue weighted by Gasteiger charge is -2.13. The van der Waals surface area contributed by atoms with Gasteiger partial charge in [-0.3, -0.25) is 20.2 Å². The van der Waals surface area contributed by atoms with Crippen molar-refractivity contribution in [3.8, 4) is 22.9 Å². The molecule has 0 bridgehead atoms. The fourth-order valence-electron chi connectivity index (χ4n) is 3.14. The number of aromatic amines is 1. The maximum Gasteiger partial charge on any atom is 0.269 e. The van der Waals surface area contributed by atoms with Crippen LogP contribution in [0, 0.1) is 10.1 Å². The number of nitrogens with zero attached hydrogens (tertiary/aromatic N) is 3. The third kappa shape index (κ3) is 4.84. The minimum atomic E-state index is -0.427. The highest BCUT2D eigenvalue weighted by molar-refractivity contribution is 5.70. The highest BCUT2D eigenvalue weighted by Crippen LogP contribution is 2.30. The van der Waals surface area contributed by atoms with Gasteiger partial charge < -0.3 is 14.8 Å². The van der Waals surface area contributed by atoms with Gasteiger partial charge >= 0.3 is 0 Å². The number of hydrogen-bond donors (Lipinski definition) is 2. The summed E-state index contributed by atoms with van der Waals surface area (Å²) in [6.07, 6.45) is 3.46. The second-order valence-electron chi connectivity index (χ2n) is 6.92. The molecule has 0 unspecified atom stereocenters. The van der Waals surface area contributed by atoms with Crippen LogP contribution < -0.4 is 14.8 Å². The van der Waals surface area contributed by atoms with Crippen molar-refractivity contribution in [2.45, 2.75) is 13.2 Å². The van der Waals surface area contributed by atoms with Crippen LogP contribution in [0.4, 0.5) is 11.4 Å². The molecule has 0 fully saturated rings. The molecule has 9 nitrogen and oxygen atoms in total. The summed E-state index contributed by atoms with van der Waals surface area (Å²) in [4.78, 5) is 14.7. The van der Waals surface area contributed by atoms with E-state index in [1.807, 2.05) is 36.4 Å². The number of methoxy groups -OCH3 is 1. The maximum atomic E-state index is 10.8. The van der Waals surface area contributed by atoms with Crippen LogP contribution in [0.25, 0.3) is 11.4 Å². The number of pyridine rings is 1. The molecule has 0 saturated heterocycles. The minimum absolute atomic E-state index is 0.0482. The minimum Gasteiger partial charge on any atom is -0.493 e. The molecule has 0 spiro atoms. The molecule has 162 valence electrons. The number of hydrogen-bond acceptors (Lipinski definition) is 7. The SMILES string of the molecule is COc1cc(CNc2cn[nH]c2-c2ccccn2)ccc1OCc1ccc([N+](=O)[O-])cc1. The second kappa shape index (κ2) is 9.61. The molecule has 0 saturated carbocycles.